The lowest BCUT2D eigenvalue weighted by atomic mass is 9.87. The van der Waals surface area contributed by atoms with Crippen LogP contribution in [0.15, 0.2) is 0 Å². The molecule has 0 aromatic carbocycles. The van der Waals surface area contributed by atoms with Crippen molar-refractivity contribution in [3.8, 4) is 6.07 Å². The average Bonchev–Trinajstić information content (AvgIpc) is 2.30. The van der Waals surface area contributed by atoms with Crippen molar-refractivity contribution in [2.24, 2.45) is 17.8 Å². The van der Waals surface area contributed by atoms with Gasteiger partial charge in [-0.1, -0.05) is 13.8 Å². The van der Waals surface area contributed by atoms with E-state index in [1.165, 1.54) is 12.4 Å². The van der Waals surface area contributed by atoms with Gasteiger partial charge in [0.25, 0.3) is 0 Å². The van der Waals surface area contributed by atoms with Gasteiger partial charge in [0.1, 0.15) is 0 Å². The molecule has 0 aliphatic rings. The zero-order valence-corrected chi connectivity index (χ0v) is 9.66. The van der Waals surface area contributed by atoms with Gasteiger partial charge in [0.2, 0.25) is 0 Å². The molecule has 0 saturated heterocycles. The zero-order valence-electron chi connectivity index (χ0n) is 9.66. The molecule has 2 N–H and O–H groups in total. The molecule has 0 spiro atoms. The summed E-state index contributed by atoms with van der Waals surface area (Å²) in [5, 5.41) is 23.4. The maximum atomic E-state index is 9.01. The Morgan fingerprint density at radius 1 is 1.07 bits per heavy atom. The van der Waals surface area contributed by atoms with E-state index >= 15 is 0 Å². The van der Waals surface area contributed by atoms with Gasteiger partial charge in [-0.25, -0.2) is 0 Å². The third-order valence-electron chi connectivity index (χ3n) is 2.88. The van der Waals surface area contributed by atoms with E-state index in [1.54, 1.807) is 0 Å². The third kappa shape index (κ3) is 5.31. The molecule has 3 heteroatoms. The molecule has 0 amide bonds. The van der Waals surface area contributed by atoms with Crippen LogP contribution in [0.5, 0.6) is 0 Å². The molecule has 0 aromatic rings. The number of nitrogens with zero attached hydrogens (tertiary/aromatic N) is 1. The second-order valence-electron chi connectivity index (χ2n) is 3.97. The minimum absolute atomic E-state index is 0.0110. The van der Waals surface area contributed by atoms with Gasteiger partial charge in [-0.3, -0.25) is 0 Å². The first-order valence-corrected chi connectivity index (χ1v) is 5.62. The summed E-state index contributed by atoms with van der Waals surface area (Å²) in [5.41, 5.74) is 0. The Hall–Kier alpha value is -1.17. The van der Waals surface area contributed by atoms with Gasteiger partial charge in [0.15, 0.2) is 0 Å². The maximum absolute atomic E-state index is 9.01. The Bertz CT molecular complexity index is 212. The molecule has 15 heavy (non-hydrogen) atoms. The van der Waals surface area contributed by atoms with Crippen molar-refractivity contribution < 1.29 is 0 Å². The molecule has 0 aromatic heterocycles. The van der Waals surface area contributed by atoms with Crippen molar-refractivity contribution in [3.05, 3.63) is 0 Å². The summed E-state index contributed by atoms with van der Waals surface area (Å²) in [6.07, 6.45) is 6.25. The third-order valence-corrected chi connectivity index (χ3v) is 2.88. The lowest BCUT2D eigenvalue weighted by molar-refractivity contribution is 0.434. The van der Waals surface area contributed by atoms with Crippen molar-refractivity contribution in [3.63, 3.8) is 0 Å². The number of nitrogens with one attached hydrogen (secondary N) is 2. The van der Waals surface area contributed by atoms with Crippen LogP contribution in [0.2, 0.25) is 0 Å². The van der Waals surface area contributed by atoms with E-state index in [9.17, 15) is 0 Å². The van der Waals surface area contributed by atoms with E-state index in [-0.39, 0.29) is 17.8 Å². The molecule has 0 aliphatic carbocycles. The van der Waals surface area contributed by atoms with Crippen LogP contribution in [-0.2, 0) is 0 Å². The van der Waals surface area contributed by atoms with Crippen LogP contribution < -0.4 is 0 Å². The highest BCUT2D eigenvalue weighted by Crippen LogP contribution is 2.21. The topological polar surface area (TPSA) is 71.5 Å². The monoisotopic (exact) mass is 207 g/mol. The standard InChI is InChI=1S/C12H21N3/c1-3-10(7-13)5-12(9-15)6-11(4-2)8-14/h7-8,10-14H,3-6H2,1-2H3. The minimum atomic E-state index is -0.0110. The smallest absolute Gasteiger partial charge is 0.0656 e. The minimum Gasteiger partial charge on any atom is -0.313 e. The van der Waals surface area contributed by atoms with Crippen molar-refractivity contribution in [2.75, 3.05) is 0 Å². The fraction of sp³-hybridized carbons (Fsp3) is 0.750. The second kappa shape index (κ2) is 8.16. The molecule has 0 rings (SSSR count). The summed E-state index contributed by atoms with van der Waals surface area (Å²) in [6.45, 7) is 4.08. The van der Waals surface area contributed by atoms with Gasteiger partial charge >= 0.3 is 0 Å². The van der Waals surface area contributed by atoms with Gasteiger partial charge in [-0.15, -0.1) is 0 Å². The molecular formula is C12H21N3. The largest absolute Gasteiger partial charge is 0.313 e. The van der Waals surface area contributed by atoms with Gasteiger partial charge in [-0.2, -0.15) is 5.26 Å². The lowest BCUT2D eigenvalue weighted by Gasteiger charge is -2.16. The molecule has 0 bridgehead atoms. The van der Waals surface area contributed by atoms with E-state index < -0.39 is 0 Å². The van der Waals surface area contributed by atoms with Crippen LogP contribution in [0.25, 0.3) is 0 Å². The Morgan fingerprint density at radius 2 is 1.47 bits per heavy atom. The Labute approximate surface area is 92.5 Å². The van der Waals surface area contributed by atoms with Crippen LogP contribution in [0.3, 0.4) is 0 Å². The molecule has 0 fully saturated rings. The first-order chi connectivity index (χ1) is 7.21. The van der Waals surface area contributed by atoms with Crippen LogP contribution in [0, 0.1) is 39.9 Å². The summed E-state index contributed by atoms with van der Waals surface area (Å²) < 4.78 is 0. The molecule has 0 aliphatic heterocycles. The number of rotatable bonds is 8. The predicted octanol–water partition coefficient (Wildman–Crippen LogP) is 3.26. The van der Waals surface area contributed by atoms with Gasteiger partial charge in [0.05, 0.1) is 6.07 Å². The summed E-state index contributed by atoms with van der Waals surface area (Å²) in [7, 11) is 0. The SMILES string of the molecule is CCC(C=N)CC(C#N)CC(C=N)CC. The Kier molecular flexibility index (Phi) is 7.53. The average molecular weight is 207 g/mol. The van der Waals surface area contributed by atoms with Crippen molar-refractivity contribution in [1.82, 2.24) is 0 Å². The summed E-state index contributed by atoms with van der Waals surface area (Å²) in [6, 6.07) is 2.29. The first-order valence-electron chi connectivity index (χ1n) is 5.62. The number of nitriles is 1. The van der Waals surface area contributed by atoms with Crippen molar-refractivity contribution >= 4 is 12.4 Å². The van der Waals surface area contributed by atoms with Gasteiger partial charge in [-0.05, 0) is 49.9 Å². The van der Waals surface area contributed by atoms with Crippen LogP contribution in [0.1, 0.15) is 39.5 Å². The normalized spacial score (nSPS) is 16.1. The van der Waals surface area contributed by atoms with Crippen molar-refractivity contribution in [2.45, 2.75) is 39.5 Å². The van der Waals surface area contributed by atoms with E-state index in [4.69, 9.17) is 16.1 Å². The quantitative estimate of drug-likeness (QED) is 0.589. The maximum Gasteiger partial charge on any atom is 0.0656 e. The van der Waals surface area contributed by atoms with Gasteiger partial charge in [0, 0.05) is 5.92 Å². The summed E-state index contributed by atoms with van der Waals surface area (Å²) in [4.78, 5) is 0. The molecular weight excluding hydrogens is 186 g/mol. The number of hydrogen-bond acceptors (Lipinski definition) is 3. The fourth-order valence-electron chi connectivity index (χ4n) is 1.64. The fourth-order valence-corrected chi connectivity index (χ4v) is 1.64. The molecule has 3 nitrogen and oxygen atoms in total. The van der Waals surface area contributed by atoms with E-state index in [0.717, 1.165) is 25.7 Å². The van der Waals surface area contributed by atoms with E-state index in [2.05, 4.69) is 6.07 Å². The molecule has 84 valence electrons. The molecule has 0 heterocycles. The predicted molar refractivity (Wildman–Crippen MR) is 63.5 cm³/mol. The molecule has 0 radical (unpaired) electrons. The molecule has 2 unspecified atom stereocenters. The lowest BCUT2D eigenvalue weighted by Crippen LogP contribution is -2.13. The highest BCUT2D eigenvalue weighted by molar-refractivity contribution is 5.57. The van der Waals surface area contributed by atoms with E-state index in [0.29, 0.717) is 0 Å². The van der Waals surface area contributed by atoms with Crippen molar-refractivity contribution in [1.29, 1.82) is 16.1 Å². The highest BCUT2D eigenvalue weighted by atomic mass is 14.4. The van der Waals surface area contributed by atoms with Crippen LogP contribution >= 0.6 is 0 Å². The first kappa shape index (κ1) is 13.8. The molecule has 2 atom stereocenters. The summed E-state index contributed by atoms with van der Waals surface area (Å²) in [5.74, 6) is 0.430. The zero-order chi connectivity index (χ0) is 11.7. The second-order valence-corrected chi connectivity index (χ2v) is 3.97. The van der Waals surface area contributed by atoms with Crippen LogP contribution in [-0.4, -0.2) is 12.4 Å². The highest BCUT2D eigenvalue weighted by Gasteiger charge is 2.16. The Morgan fingerprint density at radius 3 is 1.67 bits per heavy atom. The number of hydrogen-bond donors (Lipinski definition) is 2. The van der Waals surface area contributed by atoms with Gasteiger partial charge < -0.3 is 10.8 Å². The Balaban J connectivity index is 4.19. The van der Waals surface area contributed by atoms with E-state index in [1.807, 2.05) is 13.8 Å². The molecule has 0 saturated carbocycles. The van der Waals surface area contributed by atoms with Crippen LogP contribution in [0.4, 0.5) is 0 Å². The summed E-state index contributed by atoms with van der Waals surface area (Å²) >= 11 is 0.